The van der Waals surface area contributed by atoms with E-state index >= 15 is 0 Å². The highest BCUT2D eigenvalue weighted by Crippen LogP contribution is 2.45. The van der Waals surface area contributed by atoms with Crippen molar-refractivity contribution in [1.82, 2.24) is 0 Å². The van der Waals surface area contributed by atoms with Crippen LogP contribution in [0.1, 0.15) is 0 Å². The van der Waals surface area contributed by atoms with Crippen molar-refractivity contribution in [3.05, 3.63) is 212 Å². The lowest BCUT2D eigenvalue weighted by molar-refractivity contribution is 0.672. The van der Waals surface area contributed by atoms with E-state index in [2.05, 4.69) is 217 Å². The van der Waals surface area contributed by atoms with Crippen LogP contribution < -0.4 is 4.90 Å². The molecule has 12 aromatic rings. The lowest BCUT2D eigenvalue weighted by Crippen LogP contribution is -2.10. The second-order valence-electron chi connectivity index (χ2n) is 15.3. The summed E-state index contributed by atoms with van der Waals surface area (Å²) in [4.78, 5) is 2.38. The summed E-state index contributed by atoms with van der Waals surface area (Å²) in [5.41, 5.74) is 12.2. The molecule has 59 heavy (non-hydrogen) atoms. The van der Waals surface area contributed by atoms with Crippen LogP contribution in [0, 0.1) is 0 Å². The van der Waals surface area contributed by atoms with E-state index < -0.39 is 0 Å². The number of nitrogens with zero attached hydrogens (tertiary/aromatic N) is 1. The molecule has 0 spiro atoms. The Labute approximate surface area is 345 Å². The third-order valence-electron chi connectivity index (χ3n) is 11.8. The van der Waals surface area contributed by atoms with Gasteiger partial charge in [-0.3, -0.25) is 0 Å². The fourth-order valence-electron chi connectivity index (χ4n) is 8.91. The Bertz CT molecular complexity index is 3560. The lowest BCUT2D eigenvalue weighted by Gasteiger charge is -2.26. The van der Waals surface area contributed by atoms with Crippen molar-refractivity contribution >= 4 is 92.1 Å². The lowest BCUT2D eigenvalue weighted by atomic mass is 9.97. The molecule has 0 atom stereocenters. The molecule has 0 N–H and O–H groups in total. The zero-order valence-electron chi connectivity index (χ0n) is 32.0. The minimum atomic E-state index is 0.869. The summed E-state index contributed by atoms with van der Waals surface area (Å²) in [6, 6.07) is 77.0. The second kappa shape index (κ2) is 13.6. The van der Waals surface area contributed by atoms with Crippen molar-refractivity contribution < 1.29 is 4.42 Å². The largest absolute Gasteiger partial charge is 0.455 e. The van der Waals surface area contributed by atoms with E-state index in [9.17, 15) is 0 Å². The number of furan rings is 1. The monoisotopic (exact) mass is 769 g/mol. The zero-order chi connectivity index (χ0) is 38.9. The van der Waals surface area contributed by atoms with E-state index in [0.717, 1.165) is 44.4 Å². The van der Waals surface area contributed by atoms with E-state index in [1.54, 1.807) is 0 Å². The van der Waals surface area contributed by atoms with Crippen LogP contribution in [-0.2, 0) is 0 Å². The number of thiophene rings is 1. The van der Waals surface area contributed by atoms with Gasteiger partial charge in [-0.05, 0) is 122 Å². The van der Waals surface area contributed by atoms with Crippen LogP contribution in [0.25, 0.3) is 97.0 Å². The van der Waals surface area contributed by atoms with Gasteiger partial charge in [0.2, 0.25) is 0 Å². The molecule has 0 aliphatic heterocycles. The Hall–Kier alpha value is -7.46. The molecule has 0 radical (unpaired) electrons. The summed E-state index contributed by atoms with van der Waals surface area (Å²) in [6.45, 7) is 0. The molecular formula is C56H35NOS. The first-order valence-electron chi connectivity index (χ1n) is 20.1. The predicted octanol–water partition coefficient (Wildman–Crippen LogP) is 16.7. The number of fused-ring (bicyclic) bond motifs is 9. The Balaban J connectivity index is 0.974. The van der Waals surface area contributed by atoms with Crippen LogP contribution in [0.3, 0.4) is 0 Å². The maximum atomic E-state index is 6.69. The highest BCUT2D eigenvalue weighted by molar-refractivity contribution is 7.25. The van der Waals surface area contributed by atoms with Gasteiger partial charge in [-0.25, -0.2) is 0 Å². The molecule has 0 aliphatic carbocycles. The second-order valence-corrected chi connectivity index (χ2v) is 16.4. The first kappa shape index (κ1) is 33.7. The summed E-state index contributed by atoms with van der Waals surface area (Å²) in [5.74, 6) is 0. The highest BCUT2D eigenvalue weighted by Gasteiger charge is 2.21. The van der Waals surface area contributed by atoms with Gasteiger partial charge in [0, 0.05) is 42.3 Å². The van der Waals surface area contributed by atoms with Gasteiger partial charge in [0.25, 0.3) is 0 Å². The summed E-state index contributed by atoms with van der Waals surface area (Å²) in [5, 5.41) is 9.61. The molecule has 2 aromatic heterocycles. The number of rotatable bonds is 6. The van der Waals surface area contributed by atoms with E-state index in [-0.39, 0.29) is 0 Å². The van der Waals surface area contributed by atoms with Crippen LogP contribution in [0.15, 0.2) is 217 Å². The van der Waals surface area contributed by atoms with Gasteiger partial charge in [-0.15, -0.1) is 11.3 Å². The number of hydrogen-bond acceptors (Lipinski definition) is 3. The molecule has 0 amide bonds. The molecule has 0 saturated carbocycles. The average molecular weight is 770 g/mol. The van der Waals surface area contributed by atoms with E-state index in [0.29, 0.717) is 0 Å². The quantitative estimate of drug-likeness (QED) is 0.167. The summed E-state index contributed by atoms with van der Waals surface area (Å²) in [7, 11) is 0. The Morgan fingerprint density at radius 1 is 0.339 bits per heavy atom. The Morgan fingerprint density at radius 2 is 0.915 bits per heavy atom. The fraction of sp³-hybridized carbons (Fsp3) is 0. The van der Waals surface area contributed by atoms with Crippen molar-refractivity contribution in [3.8, 4) is 33.4 Å². The smallest absolute Gasteiger partial charge is 0.143 e. The Morgan fingerprint density at radius 3 is 1.71 bits per heavy atom. The maximum Gasteiger partial charge on any atom is 0.143 e. The molecule has 0 unspecified atom stereocenters. The number of hydrogen-bond donors (Lipinski definition) is 0. The van der Waals surface area contributed by atoms with Gasteiger partial charge >= 0.3 is 0 Å². The SMILES string of the molecule is c1cc(-c2ccc(N(c3ccc(-c4ccc5sc6ccccc6c5c4)cc3)c3cccc4oc5c6ccccc6ccc5c34)cc2)cc(-c2ccc3ccccc3c2)c1. The topological polar surface area (TPSA) is 16.4 Å². The first-order valence-corrected chi connectivity index (χ1v) is 20.9. The molecule has 276 valence electrons. The van der Waals surface area contributed by atoms with Gasteiger partial charge in [-0.2, -0.15) is 0 Å². The molecule has 10 aromatic carbocycles. The van der Waals surface area contributed by atoms with Crippen molar-refractivity contribution in [2.24, 2.45) is 0 Å². The summed E-state index contributed by atoms with van der Waals surface area (Å²) < 4.78 is 9.32. The normalized spacial score (nSPS) is 11.7. The summed E-state index contributed by atoms with van der Waals surface area (Å²) >= 11 is 1.85. The summed E-state index contributed by atoms with van der Waals surface area (Å²) in [6.07, 6.45) is 0. The van der Waals surface area contributed by atoms with Gasteiger partial charge in [0.15, 0.2) is 0 Å². The van der Waals surface area contributed by atoms with Crippen LogP contribution in [0.4, 0.5) is 17.1 Å². The predicted molar refractivity (Wildman–Crippen MR) is 253 cm³/mol. The maximum absolute atomic E-state index is 6.69. The molecular weight excluding hydrogens is 735 g/mol. The molecule has 12 rings (SSSR count). The average Bonchev–Trinajstić information content (AvgIpc) is 3.88. The minimum absolute atomic E-state index is 0.869. The molecule has 2 nitrogen and oxygen atoms in total. The van der Waals surface area contributed by atoms with Crippen LogP contribution >= 0.6 is 11.3 Å². The standard InChI is InChI=1S/C56H35NOS/c1-2-11-40-34-43(20-19-36(40)9-1)42-13-7-12-41(33-42)37-21-27-45(28-22-37)57(51-16-8-17-52-55(51)49-31-25-39-10-3-4-14-47(39)56(49)58-52)46-29-23-38(24-30-46)44-26-32-54-50(35-44)48-15-5-6-18-53(48)59-54/h1-35H. The van der Waals surface area contributed by atoms with E-state index in [1.807, 2.05) is 11.3 Å². The highest BCUT2D eigenvalue weighted by atomic mass is 32.1. The minimum Gasteiger partial charge on any atom is -0.455 e. The zero-order valence-corrected chi connectivity index (χ0v) is 32.8. The van der Waals surface area contributed by atoms with Gasteiger partial charge < -0.3 is 9.32 Å². The third kappa shape index (κ3) is 5.70. The molecule has 3 heteroatoms. The molecule has 0 fully saturated rings. The van der Waals surface area contributed by atoms with Crippen LogP contribution in [-0.4, -0.2) is 0 Å². The van der Waals surface area contributed by atoms with Crippen molar-refractivity contribution in [2.45, 2.75) is 0 Å². The van der Waals surface area contributed by atoms with Gasteiger partial charge in [0.1, 0.15) is 11.2 Å². The van der Waals surface area contributed by atoms with Crippen molar-refractivity contribution in [2.75, 3.05) is 4.90 Å². The molecule has 2 heterocycles. The van der Waals surface area contributed by atoms with Gasteiger partial charge in [0.05, 0.1) is 11.1 Å². The van der Waals surface area contributed by atoms with Crippen LogP contribution in [0.2, 0.25) is 0 Å². The third-order valence-corrected chi connectivity index (χ3v) is 13.0. The van der Waals surface area contributed by atoms with Crippen molar-refractivity contribution in [3.63, 3.8) is 0 Å². The number of benzene rings is 10. The van der Waals surface area contributed by atoms with E-state index in [1.165, 1.54) is 69.7 Å². The molecule has 0 saturated heterocycles. The number of anilines is 3. The van der Waals surface area contributed by atoms with Crippen molar-refractivity contribution in [1.29, 1.82) is 0 Å². The van der Waals surface area contributed by atoms with E-state index in [4.69, 9.17) is 4.42 Å². The fourth-order valence-corrected chi connectivity index (χ4v) is 9.99. The van der Waals surface area contributed by atoms with Gasteiger partial charge in [-0.1, -0.05) is 140 Å². The molecule has 0 bridgehead atoms. The Kier molecular flexibility index (Phi) is 7.75. The first-order chi connectivity index (χ1) is 29.2. The van der Waals surface area contributed by atoms with Crippen LogP contribution in [0.5, 0.6) is 0 Å². The molecule has 0 aliphatic rings.